The summed E-state index contributed by atoms with van der Waals surface area (Å²) in [4.78, 5) is 34.0. The predicted molar refractivity (Wildman–Crippen MR) is 118 cm³/mol. The standard InChI is InChI=1S/C23H14N4O2S/c1-13-6-7-14(10-24)8-17(13)20-9-18-21(30-20)22(28)27(23(29)26-18)19-12-25-11-15-4-2-3-5-16(15)19/h2-9,11-12H,1H3,(H,26,29). The van der Waals surface area contributed by atoms with E-state index in [2.05, 4.69) is 16.0 Å². The molecule has 0 amide bonds. The van der Waals surface area contributed by atoms with Gasteiger partial charge >= 0.3 is 5.69 Å². The van der Waals surface area contributed by atoms with Crippen molar-refractivity contribution in [3.8, 4) is 22.2 Å². The quantitative estimate of drug-likeness (QED) is 0.474. The van der Waals surface area contributed by atoms with Gasteiger partial charge in [-0.25, -0.2) is 9.36 Å². The van der Waals surface area contributed by atoms with Crippen LogP contribution in [-0.4, -0.2) is 14.5 Å². The minimum Gasteiger partial charge on any atom is -0.306 e. The van der Waals surface area contributed by atoms with Gasteiger partial charge in [0.25, 0.3) is 5.56 Å². The van der Waals surface area contributed by atoms with Crippen molar-refractivity contribution in [1.29, 1.82) is 5.26 Å². The van der Waals surface area contributed by atoms with Gasteiger partial charge in [-0.3, -0.25) is 9.78 Å². The third kappa shape index (κ3) is 2.74. The van der Waals surface area contributed by atoms with Gasteiger partial charge < -0.3 is 4.98 Å². The summed E-state index contributed by atoms with van der Waals surface area (Å²) < 4.78 is 1.58. The Morgan fingerprint density at radius 3 is 2.77 bits per heavy atom. The van der Waals surface area contributed by atoms with E-state index in [0.29, 0.717) is 21.5 Å². The lowest BCUT2D eigenvalue weighted by Crippen LogP contribution is -2.33. The number of nitriles is 1. The number of thiophene rings is 1. The molecule has 0 saturated heterocycles. The molecule has 3 heterocycles. The molecule has 0 fully saturated rings. The summed E-state index contributed by atoms with van der Waals surface area (Å²) >= 11 is 1.30. The number of hydrogen-bond acceptors (Lipinski definition) is 5. The molecular formula is C23H14N4O2S. The van der Waals surface area contributed by atoms with Gasteiger partial charge in [0.1, 0.15) is 4.70 Å². The summed E-state index contributed by atoms with van der Waals surface area (Å²) in [6.07, 6.45) is 3.23. The zero-order chi connectivity index (χ0) is 20.8. The number of fused-ring (bicyclic) bond motifs is 2. The van der Waals surface area contributed by atoms with Crippen molar-refractivity contribution < 1.29 is 0 Å². The first kappa shape index (κ1) is 18.0. The molecule has 5 rings (SSSR count). The van der Waals surface area contributed by atoms with E-state index in [1.807, 2.05) is 37.3 Å². The average molecular weight is 410 g/mol. The molecule has 0 aliphatic heterocycles. The van der Waals surface area contributed by atoms with E-state index in [4.69, 9.17) is 0 Å². The van der Waals surface area contributed by atoms with Gasteiger partial charge in [0.05, 0.1) is 29.0 Å². The average Bonchev–Trinajstić information content (AvgIpc) is 3.18. The fraction of sp³-hybridized carbons (Fsp3) is 0.0435. The van der Waals surface area contributed by atoms with Crippen LogP contribution in [0.1, 0.15) is 11.1 Å². The number of hydrogen-bond donors (Lipinski definition) is 1. The Morgan fingerprint density at radius 1 is 1.10 bits per heavy atom. The zero-order valence-electron chi connectivity index (χ0n) is 15.8. The first-order chi connectivity index (χ1) is 14.6. The van der Waals surface area contributed by atoms with Crippen LogP contribution in [0.5, 0.6) is 0 Å². The number of nitrogens with one attached hydrogen (secondary N) is 1. The number of benzene rings is 2. The molecule has 6 nitrogen and oxygen atoms in total. The Balaban J connectivity index is 1.79. The summed E-state index contributed by atoms with van der Waals surface area (Å²) in [5, 5.41) is 10.8. The molecule has 5 aromatic rings. The second kappa shape index (κ2) is 6.79. The van der Waals surface area contributed by atoms with Gasteiger partial charge in [-0.1, -0.05) is 30.3 Å². The highest BCUT2D eigenvalue weighted by atomic mass is 32.1. The molecule has 1 N–H and O–H groups in total. The van der Waals surface area contributed by atoms with Crippen LogP contribution in [0, 0.1) is 18.3 Å². The number of aryl methyl sites for hydroxylation is 1. The van der Waals surface area contributed by atoms with E-state index >= 15 is 0 Å². The van der Waals surface area contributed by atoms with Gasteiger partial charge in [0, 0.05) is 21.8 Å². The number of nitrogens with zero attached hydrogens (tertiary/aromatic N) is 3. The van der Waals surface area contributed by atoms with Crippen molar-refractivity contribution >= 4 is 32.3 Å². The highest BCUT2D eigenvalue weighted by Gasteiger charge is 2.16. The molecule has 0 atom stereocenters. The molecule has 7 heteroatoms. The first-order valence-corrected chi connectivity index (χ1v) is 10.0. The number of pyridine rings is 1. The minimum absolute atomic E-state index is 0.391. The van der Waals surface area contributed by atoms with E-state index in [-0.39, 0.29) is 0 Å². The molecule has 0 aliphatic rings. The third-order valence-electron chi connectivity index (χ3n) is 5.09. The normalized spacial score (nSPS) is 11.1. The van der Waals surface area contributed by atoms with Crippen LogP contribution in [-0.2, 0) is 0 Å². The van der Waals surface area contributed by atoms with Crippen molar-refractivity contribution in [3.63, 3.8) is 0 Å². The van der Waals surface area contributed by atoms with Crippen LogP contribution in [0.15, 0.2) is 70.5 Å². The maximum absolute atomic E-state index is 13.3. The molecule has 2 aromatic carbocycles. The topological polar surface area (TPSA) is 91.5 Å². The highest BCUT2D eigenvalue weighted by Crippen LogP contribution is 2.33. The fourth-order valence-electron chi connectivity index (χ4n) is 3.59. The number of aromatic amines is 1. The Kier molecular flexibility index (Phi) is 4.09. The van der Waals surface area contributed by atoms with Crippen LogP contribution in [0.25, 0.3) is 37.1 Å². The number of rotatable bonds is 2. The van der Waals surface area contributed by atoms with Crippen LogP contribution in [0.4, 0.5) is 0 Å². The maximum atomic E-state index is 13.3. The molecule has 0 bridgehead atoms. The molecule has 3 aromatic heterocycles. The predicted octanol–water partition coefficient (Wildman–Crippen LogP) is 4.14. The van der Waals surface area contributed by atoms with Crippen LogP contribution in [0.2, 0.25) is 0 Å². The molecule has 0 saturated carbocycles. The van der Waals surface area contributed by atoms with Gasteiger partial charge in [-0.2, -0.15) is 5.26 Å². The van der Waals surface area contributed by atoms with Crippen molar-refractivity contribution in [2.75, 3.05) is 0 Å². The first-order valence-electron chi connectivity index (χ1n) is 9.20. The van der Waals surface area contributed by atoms with Crippen molar-refractivity contribution in [2.24, 2.45) is 0 Å². The Bertz CT molecular complexity index is 1610. The monoisotopic (exact) mass is 410 g/mol. The summed E-state index contributed by atoms with van der Waals surface area (Å²) in [6.45, 7) is 1.95. The smallest absolute Gasteiger partial charge is 0.306 e. The molecule has 0 radical (unpaired) electrons. The van der Waals surface area contributed by atoms with Crippen molar-refractivity contribution in [1.82, 2.24) is 14.5 Å². The summed E-state index contributed by atoms with van der Waals surface area (Å²) in [6, 6.07) is 16.8. The maximum Gasteiger partial charge on any atom is 0.333 e. The van der Waals surface area contributed by atoms with E-state index in [0.717, 1.165) is 31.3 Å². The zero-order valence-corrected chi connectivity index (χ0v) is 16.7. The number of aromatic nitrogens is 3. The third-order valence-corrected chi connectivity index (χ3v) is 6.25. The van der Waals surface area contributed by atoms with Crippen LogP contribution >= 0.6 is 11.3 Å². The summed E-state index contributed by atoms with van der Waals surface area (Å²) in [5.74, 6) is 0. The van der Waals surface area contributed by atoms with E-state index < -0.39 is 11.2 Å². The highest BCUT2D eigenvalue weighted by molar-refractivity contribution is 7.22. The van der Waals surface area contributed by atoms with Crippen molar-refractivity contribution in [2.45, 2.75) is 6.92 Å². The van der Waals surface area contributed by atoms with E-state index in [1.165, 1.54) is 17.5 Å². The summed E-state index contributed by atoms with van der Waals surface area (Å²) in [7, 11) is 0. The number of H-pyrrole nitrogens is 1. The lowest BCUT2D eigenvalue weighted by atomic mass is 10.0. The van der Waals surface area contributed by atoms with Crippen LogP contribution in [0.3, 0.4) is 0 Å². The van der Waals surface area contributed by atoms with Crippen molar-refractivity contribution in [3.05, 3.63) is 92.9 Å². The summed E-state index contributed by atoms with van der Waals surface area (Å²) in [5.41, 5.74) is 2.42. The Morgan fingerprint density at radius 2 is 1.93 bits per heavy atom. The van der Waals surface area contributed by atoms with Gasteiger partial charge in [-0.15, -0.1) is 11.3 Å². The lowest BCUT2D eigenvalue weighted by Gasteiger charge is -2.07. The second-order valence-corrected chi connectivity index (χ2v) is 8.00. The fourth-order valence-corrected chi connectivity index (χ4v) is 4.72. The molecule has 30 heavy (non-hydrogen) atoms. The minimum atomic E-state index is -0.516. The molecule has 0 spiro atoms. The van der Waals surface area contributed by atoms with Gasteiger partial charge in [0.15, 0.2) is 0 Å². The van der Waals surface area contributed by atoms with Gasteiger partial charge in [-0.05, 0) is 36.2 Å². The SMILES string of the molecule is Cc1ccc(C#N)cc1-c1cc2[nH]c(=O)n(-c3cncc4ccccc34)c(=O)c2s1. The molecule has 144 valence electrons. The van der Waals surface area contributed by atoms with Crippen LogP contribution < -0.4 is 11.2 Å². The molecule has 0 aliphatic carbocycles. The largest absolute Gasteiger partial charge is 0.333 e. The lowest BCUT2D eigenvalue weighted by molar-refractivity contribution is 0.905. The second-order valence-electron chi connectivity index (χ2n) is 6.95. The van der Waals surface area contributed by atoms with E-state index in [1.54, 1.807) is 24.4 Å². The Labute approximate surface area is 174 Å². The van der Waals surface area contributed by atoms with Gasteiger partial charge in [0.2, 0.25) is 0 Å². The molecular weight excluding hydrogens is 396 g/mol. The Hall–Kier alpha value is -4.02. The molecule has 0 unspecified atom stereocenters. The van der Waals surface area contributed by atoms with E-state index in [9.17, 15) is 14.9 Å².